The Morgan fingerprint density at radius 3 is 2.15 bits per heavy atom. The lowest BCUT2D eigenvalue weighted by molar-refractivity contribution is 0.101. The molecule has 0 saturated heterocycles. The van der Waals surface area contributed by atoms with Crippen molar-refractivity contribution in [2.75, 3.05) is 14.2 Å². The molecule has 2 rings (SSSR count). The van der Waals surface area contributed by atoms with E-state index in [4.69, 9.17) is 9.47 Å². The van der Waals surface area contributed by atoms with Crippen molar-refractivity contribution >= 4 is 11.4 Å². The average molecular weight is 352 g/mol. The number of hydrogen-bond acceptors (Lipinski definition) is 3. The number of carbonyl (C=O) groups is 1. The summed E-state index contributed by atoms with van der Waals surface area (Å²) >= 11 is 0. The van der Waals surface area contributed by atoms with Gasteiger partial charge in [0.25, 0.3) is 0 Å². The Kier molecular flexibility index (Phi) is 8.93. The summed E-state index contributed by atoms with van der Waals surface area (Å²) in [5.74, 6) is 1.23. The Bertz CT molecular complexity index is 786. The summed E-state index contributed by atoms with van der Waals surface area (Å²) in [5.41, 5.74) is 4.61. The molecular formula is C23H28O3. The molecule has 138 valence electrons. The van der Waals surface area contributed by atoms with Crippen molar-refractivity contribution in [1.82, 2.24) is 0 Å². The van der Waals surface area contributed by atoms with Crippen LogP contribution in [0.2, 0.25) is 0 Å². The van der Waals surface area contributed by atoms with Crippen LogP contribution < -0.4 is 9.47 Å². The molecule has 0 amide bonds. The fraction of sp³-hybridized carbons (Fsp3) is 0.261. The van der Waals surface area contributed by atoms with Crippen molar-refractivity contribution in [1.29, 1.82) is 0 Å². The molecule has 0 atom stereocenters. The Morgan fingerprint density at radius 1 is 0.962 bits per heavy atom. The quantitative estimate of drug-likeness (QED) is 0.498. The number of allylic oxidation sites excluding steroid dienone is 4. The van der Waals surface area contributed by atoms with E-state index >= 15 is 0 Å². The fourth-order valence-corrected chi connectivity index (χ4v) is 2.40. The molecule has 0 aliphatic heterocycles. The number of benzene rings is 2. The summed E-state index contributed by atoms with van der Waals surface area (Å²) in [6.07, 6.45) is 6.26. The topological polar surface area (TPSA) is 35.5 Å². The Labute approximate surface area is 157 Å². The van der Waals surface area contributed by atoms with Crippen molar-refractivity contribution in [3.63, 3.8) is 0 Å². The van der Waals surface area contributed by atoms with Crippen LogP contribution >= 0.6 is 0 Å². The van der Waals surface area contributed by atoms with Gasteiger partial charge >= 0.3 is 0 Å². The molecule has 3 nitrogen and oxygen atoms in total. The number of Topliss-reactive ketones (excluding diaryl/α,β-unsaturated/α-hetero) is 1. The second-order valence-corrected chi connectivity index (χ2v) is 5.82. The van der Waals surface area contributed by atoms with Crippen LogP contribution in [0.1, 0.15) is 42.3 Å². The molecule has 0 unspecified atom stereocenters. The number of carbonyl (C=O) groups excluding carboxylic acids is 1. The summed E-state index contributed by atoms with van der Waals surface area (Å²) in [5, 5.41) is 0. The van der Waals surface area contributed by atoms with Crippen molar-refractivity contribution in [3.05, 3.63) is 77.4 Å². The Morgan fingerprint density at radius 2 is 1.62 bits per heavy atom. The minimum Gasteiger partial charge on any atom is -0.493 e. The van der Waals surface area contributed by atoms with Crippen LogP contribution in [0.4, 0.5) is 0 Å². The van der Waals surface area contributed by atoms with E-state index in [0.717, 1.165) is 0 Å². The van der Waals surface area contributed by atoms with Gasteiger partial charge in [-0.1, -0.05) is 42.5 Å². The monoisotopic (exact) mass is 352 g/mol. The van der Waals surface area contributed by atoms with Gasteiger partial charge in [-0.05, 0) is 62.6 Å². The molecular weight excluding hydrogens is 324 g/mol. The van der Waals surface area contributed by atoms with Gasteiger partial charge in [0.1, 0.15) is 0 Å². The van der Waals surface area contributed by atoms with Crippen molar-refractivity contribution in [2.24, 2.45) is 0 Å². The van der Waals surface area contributed by atoms with Crippen molar-refractivity contribution < 1.29 is 14.3 Å². The van der Waals surface area contributed by atoms with Gasteiger partial charge in [0.05, 0.1) is 14.2 Å². The second-order valence-electron chi connectivity index (χ2n) is 5.82. The van der Waals surface area contributed by atoms with Crippen LogP contribution in [0.25, 0.3) is 5.57 Å². The summed E-state index contributed by atoms with van der Waals surface area (Å²) < 4.78 is 10.1. The van der Waals surface area contributed by atoms with Crippen LogP contribution in [0, 0.1) is 6.92 Å². The minimum absolute atomic E-state index is 0.0148. The molecule has 0 bridgehead atoms. The largest absolute Gasteiger partial charge is 0.493 e. The van der Waals surface area contributed by atoms with E-state index in [0.29, 0.717) is 17.1 Å². The zero-order valence-corrected chi connectivity index (χ0v) is 16.5. The van der Waals surface area contributed by atoms with Gasteiger partial charge in [0.15, 0.2) is 17.3 Å². The predicted octanol–water partition coefficient (Wildman–Crippen LogP) is 5.88. The van der Waals surface area contributed by atoms with E-state index in [1.165, 1.54) is 23.6 Å². The summed E-state index contributed by atoms with van der Waals surface area (Å²) in [7, 11) is 3.10. The number of aryl methyl sites for hydroxylation is 1. The van der Waals surface area contributed by atoms with Gasteiger partial charge in [-0.3, -0.25) is 4.79 Å². The SMILES string of the molecule is C/C=C\C=C(/C)c1ccccc1C.COc1ccc(C(C)=O)cc1OC. The number of hydrogen-bond donors (Lipinski definition) is 0. The highest BCUT2D eigenvalue weighted by Gasteiger charge is 2.06. The number of methoxy groups -OCH3 is 2. The van der Waals surface area contributed by atoms with Gasteiger partial charge in [-0.15, -0.1) is 0 Å². The predicted molar refractivity (Wildman–Crippen MR) is 109 cm³/mol. The minimum atomic E-state index is 0.0148. The molecule has 0 spiro atoms. The summed E-state index contributed by atoms with van der Waals surface area (Å²) in [4.78, 5) is 11.0. The van der Waals surface area contributed by atoms with E-state index < -0.39 is 0 Å². The molecule has 0 radical (unpaired) electrons. The van der Waals surface area contributed by atoms with Crippen LogP contribution in [0.15, 0.2) is 60.7 Å². The van der Waals surface area contributed by atoms with Gasteiger partial charge in [-0.25, -0.2) is 0 Å². The maximum atomic E-state index is 11.0. The maximum Gasteiger partial charge on any atom is 0.161 e. The molecule has 0 aliphatic carbocycles. The highest BCUT2D eigenvalue weighted by molar-refractivity contribution is 5.94. The lowest BCUT2D eigenvalue weighted by Crippen LogP contribution is -1.95. The first-order chi connectivity index (χ1) is 12.4. The number of rotatable bonds is 5. The third kappa shape index (κ3) is 6.25. The smallest absolute Gasteiger partial charge is 0.161 e. The lowest BCUT2D eigenvalue weighted by Gasteiger charge is -2.07. The van der Waals surface area contributed by atoms with Crippen LogP contribution in [0.5, 0.6) is 11.5 Å². The standard InChI is InChI=1S/C13H16.C10H12O3/c1-4-5-8-11(2)13-10-7-6-9-12(13)3;1-7(11)8-4-5-9(12-2)10(6-8)13-3/h4-10H,1-3H3;4-6H,1-3H3/b5-4-,11-8+;. The average Bonchev–Trinajstić information content (AvgIpc) is 2.66. The highest BCUT2D eigenvalue weighted by atomic mass is 16.5. The van der Waals surface area contributed by atoms with E-state index in [1.54, 1.807) is 32.4 Å². The van der Waals surface area contributed by atoms with E-state index in [9.17, 15) is 4.79 Å². The molecule has 0 aromatic heterocycles. The van der Waals surface area contributed by atoms with Crippen LogP contribution in [0.3, 0.4) is 0 Å². The van der Waals surface area contributed by atoms with Crippen LogP contribution in [-0.4, -0.2) is 20.0 Å². The van der Waals surface area contributed by atoms with Gasteiger partial charge in [-0.2, -0.15) is 0 Å². The van der Waals surface area contributed by atoms with E-state index in [-0.39, 0.29) is 5.78 Å². The van der Waals surface area contributed by atoms with Crippen molar-refractivity contribution in [2.45, 2.75) is 27.7 Å². The first-order valence-electron chi connectivity index (χ1n) is 8.53. The normalized spacial score (nSPS) is 10.9. The molecule has 0 N–H and O–H groups in total. The molecule has 0 aliphatic rings. The fourth-order valence-electron chi connectivity index (χ4n) is 2.40. The number of ketones is 1. The lowest BCUT2D eigenvalue weighted by atomic mass is 10.0. The first-order valence-corrected chi connectivity index (χ1v) is 8.53. The Balaban J connectivity index is 0.000000260. The summed E-state index contributed by atoms with van der Waals surface area (Å²) in [6, 6.07) is 13.5. The van der Waals surface area contributed by atoms with E-state index in [1.807, 2.05) is 13.0 Å². The zero-order chi connectivity index (χ0) is 19.5. The van der Waals surface area contributed by atoms with Gasteiger partial charge in [0.2, 0.25) is 0 Å². The molecule has 2 aromatic carbocycles. The van der Waals surface area contributed by atoms with Gasteiger partial charge in [0, 0.05) is 5.56 Å². The molecule has 2 aromatic rings. The van der Waals surface area contributed by atoms with E-state index in [2.05, 4.69) is 50.3 Å². The zero-order valence-electron chi connectivity index (χ0n) is 16.5. The van der Waals surface area contributed by atoms with Crippen molar-refractivity contribution in [3.8, 4) is 11.5 Å². The Hall–Kier alpha value is -2.81. The third-order valence-corrected chi connectivity index (χ3v) is 3.90. The second kappa shape index (κ2) is 10.9. The first kappa shape index (κ1) is 21.2. The third-order valence-electron chi connectivity index (χ3n) is 3.90. The maximum absolute atomic E-state index is 11.0. The molecule has 3 heteroatoms. The van der Waals surface area contributed by atoms with Gasteiger partial charge < -0.3 is 9.47 Å². The van der Waals surface area contributed by atoms with Crippen LogP contribution in [-0.2, 0) is 0 Å². The molecule has 0 saturated carbocycles. The summed E-state index contributed by atoms with van der Waals surface area (Å²) in [6.45, 7) is 7.83. The number of ether oxygens (including phenoxy) is 2. The molecule has 0 heterocycles. The highest BCUT2D eigenvalue weighted by Crippen LogP contribution is 2.27. The molecule has 26 heavy (non-hydrogen) atoms. The molecule has 0 fully saturated rings.